The number of hydrogen-bond donors (Lipinski definition) is 4. The second kappa shape index (κ2) is 18.8. The first kappa shape index (κ1) is 45.4. The third kappa shape index (κ3) is 10.1. The Kier molecular flexibility index (Phi) is 13.1. The van der Waals surface area contributed by atoms with E-state index in [9.17, 15) is 47.9 Å². The van der Waals surface area contributed by atoms with Gasteiger partial charge in [-0.3, -0.25) is 43.7 Å². The van der Waals surface area contributed by atoms with E-state index < -0.39 is 39.3 Å². The molecule has 0 aliphatic carbocycles. The molecule has 4 amide bonds. The summed E-state index contributed by atoms with van der Waals surface area (Å²) < 4.78 is 45.6. The Morgan fingerprint density at radius 1 is 0.708 bits per heavy atom. The molecule has 0 radical (unpaired) electrons. The van der Waals surface area contributed by atoms with Gasteiger partial charge in [-0.15, -0.1) is 11.6 Å². The van der Waals surface area contributed by atoms with Crippen molar-refractivity contribution >= 4 is 95.9 Å². The first-order chi connectivity index (χ1) is 31.1. The van der Waals surface area contributed by atoms with Crippen LogP contribution in [0.25, 0.3) is 33.7 Å². The van der Waals surface area contributed by atoms with Gasteiger partial charge in [0, 0.05) is 77.7 Å². The summed E-state index contributed by atoms with van der Waals surface area (Å²) in [5.74, 6) is -1.68. The molecule has 0 bridgehead atoms. The average molecular weight is 944 g/mol. The van der Waals surface area contributed by atoms with Crippen molar-refractivity contribution in [2.45, 2.75) is 12.3 Å². The van der Waals surface area contributed by atoms with E-state index in [1.165, 1.54) is 46.2 Å². The molecule has 336 valence electrons. The zero-order chi connectivity index (χ0) is 46.0. The molecule has 0 unspecified atom stereocenters. The average Bonchev–Trinajstić information content (AvgIpc) is 3.97. The molecule has 3 aliphatic heterocycles. The molecule has 65 heavy (non-hydrogen) atoms. The van der Waals surface area contributed by atoms with Crippen LogP contribution in [0.1, 0.15) is 28.2 Å². The van der Waals surface area contributed by atoms with Crippen molar-refractivity contribution < 1.29 is 66.4 Å². The molecule has 5 aromatic rings. The Bertz CT molecular complexity index is 2930. The molecule has 1 atom stereocenters. The number of carbonyl (C=O) groups excluding carboxylic acids is 4. The Hall–Kier alpha value is -6.13. The van der Waals surface area contributed by atoms with E-state index in [4.69, 9.17) is 30.1 Å². The van der Waals surface area contributed by atoms with Crippen LogP contribution in [0.15, 0.2) is 103 Å². The van der Waals surface area contributed by atoms with Gasteiger partial charge in [0.15, 0.2) is 0 Å². The first-order valence-corrected chi connectivity index (χ1v) is 23.7. The number of fused-ring (bicyclic) bond motifs is 6. The van der Waals surface area contributed by atoms with Crippen molar-refractivity contribution in [2.24, 2.45) is 0 Å². The zero-order valence-electron chi connectivity index (χ0n) is 34.2. The number of rotatable bonds is 16. The molecule has 17 nitrogen and oxygen atoms in total. The predicted molar refractivity (Wildman–Crippen MR) is 242 cm³/mol. The van der Waals surface area contributed by atoms with Crippen molar-refractivity contribution in [3.63, 3.8) is 0 Å². The number of phosphoric ester groups is 2. The number of alkyl halides is 1. The predicted octanol–water partition coefficient (Wildman–Crippen LogP) is 6.24. The largest absolute Gasteiger partial charge is 0.524 e. The van der Waals surface area contributed by atoms with E-state index in [0.717, 1.165) is 16.0 Å². The normalized spacial score (nSPS) is 16.1. The Morgan fingerprint density at radius 3 is 1.97 bits per heavy atom. The summed E-state index contributed by atoms with van der Waals surface area (Å²) in [6.45, 7) is 0.706. The van der Waals surface area contributed by atoms with Gasteiger partial charge in [0.1, 0.15) is 23.9 Å². The maximum atomic E-state index is 13.9. The second-order valence-electron chi connectivity index (χ2n) is 15.1. The number of ether oxygens (including phenoxy) is 2. The Morgan fingerprint density at radius 2 is 1.31 bits per heavy atom. The molecule has 5 aromatic carbocycles. The first-order valence-electron chi connectivity index (χ1n) is 20.1. The fraction of sp³-hybridized carbons (Fsp3) is 0.200. The van der Waals surface area contributed by atoms with E-state index in [0.29, 0.717) is 62.8 Å². The highest BCUT2D eigenvalue weighted by atomic mass is 35.5. The lowest BCUT2D eigenvalue weighted by Gasteiger charge is -2.18. The standard InChI is InChI=1S/C45H40ClN3O14P2/c46-26-30-27-49(37-25-40(63-65(57,58)59)34-7-3-4-8-35(34)45(30)37)44(53)13-10-28-9-11-29(38(23-28)61-22-21-60-20-19-48-42(51)15-16-43(48)52)12-14-41(50)47-18-17-32-31-5-1-2-6-33(31)39(24-36(32)47)62-64(54,55)56/h1-16,23-25,30H,17-22,26-27H2,(H2,54,55,56)(H2,57,58,59)/b13-10+,14-12+/t30-/m1/s1. The fourth-order valence-electron chi connectivity index (χ4n) is 8.17. The van der Waals surface area contributed by atoms with Gasteiger partial charge in [-0.25, -0.2) is 9.13 Å². The zero-order valence-corrected chi connectivity index (χ0v) is 36.7. The SMILES string of the molecule is O=C1C=CC(=O)N1CCOCCOc1cc(/C=C/C(=O)N2C[C@@H](CCl)c3c2cc(OP(=O)(O)O)c2ccccc32)ccc1/C=C/C(=O)N1CCc2c1cc(OP(=O)(O)O)c1ccccc21. The smallest absolute Gasteiger partial charge is 0.491 e. The van der Waals surface area contributed by atoms with E-state index in [2.05, 4.69) is 0 Å². The molecule has 3 heterocycles. The number of phosphoric acid groups is 2. The quantitative estimate of drug-likeness (QED) is 0.0282. The lowest BCUT2D eigenvalue weighted by molar-refractivity contribution is -0.137. The van der Waals surface area contributed by atoms with Gasteiger partial charge in [0.05, 0.1) is 31.1 Å². The number of imide groups is 1. The number of halogens is 1. The van der Waals surface area contributed by atoms with Gasteiger partial charge in [-0.05, 0) is 52.1 Å². The molecule has 4 N–H and O–H groups in total. The van der Waals surface area contributed by atoms with E-state index in [1.54, 1.807) is 78.9 Å². The minimum atomic E-state index is -4.96. The lowest BCUT2D eigenvalue weighted by Crippen LogP contribution is -2.33. The van der Waals surface area contributed by atoms with Crippen molar-refractivity contribution in [3.8, 4) is 17.2 Å². The minimum Gasteiger partial charge on any atom is -0.491 e. The summed E-state index contributed by atoms with van der Waals surface area (Å²) in [6, 6.07) is 21.9. The second-order valence-corrected chi connectivity index (χ2v) is 17.7. The van der Waals surface area contributed by atoms with Crippen LogP contribution < -0.4 is 23.6 Å². The summed E-state index contributed by atoms with van der Waals surface area (Å²) in [5, 5.41) is 2.29. The monoisotopic (exact) mass is 943 g/mol. The molecule has 0 fully saturated rings. The number of nitrogens with zero attached hydrogens (tertiary/aromatic N) is 3. The van der Waals surface area contributed by atoms with Crippen LogP contribution in [-0.2, 0) is 39.5 Å². The van der Waals surface area contributed by atoms with Gasteiger partial charge in [-0.2, -0.15) is 0 Å². The van der Waals surface area contributed by atoms with Gasteiger partial charge >= 0.3 is 15.6 Å². The highest BCUT2D eigenvalue weighted by Gasteiger charge is 2.35. The van der Waals surface area contributed by atoms with Crippen LogP contribution in [0.5, 0.6) is 17.2 Å². The highest BCUT2D eigenvalue weighted by molar-refractivity contribution is 7.47. The fourth-order valence-corrected chi connectivity index (χ4v) is 9.23. The summed E-state index contributed by atoms with van der Waals surface area (Å²) >= 11 is 6.39. The highest BCUT2D eigenvalue weighted by Crippen LogP contribution is 2.49. The molecule has 0 spiro atoms. The Balaban J connectivity index is 1.04. The lowest BCUT2D eigenvalue weighted by atomic mass is 9.95. The van der Waals surface area contributed by atoms with E-state index >= 15 is 0 Å². The van der Waals surface area contributed by atoms with Crippen LogP contribution in [0.3, 0.4) is 0 Å². The molecule has 0 aromatic heterocycles. The number of carbonyl (C=O) groups is 4. The molecule has 8 rings (SSSR count). The number of anilines is 2. The van der Waals surface area contributed by atoms with Crippen molar-refractivity contribution in [1.29, 1.82) is 0 Å². The van der Waals surface area contributed by atoms with Crippen LogP contribution in [0.4, 0.5) is 11.4 Å². The molecular weight excluding hydrogens is 904 g/mol. The topological polar surface area (TPSA) is 230 Å². The summed E-state index contributed by atoms with van der Waals surface area (Å²) in [4.78, 5) is 94.0. The minimum absolute atomic E-state index is 0.0211. The maximum absolute atomic E-state index is 13.9. The number of hydrogen-bond acceptors (Lipinski definition) is 10. The number of benzene rings is 5. The molecule has 0 saturated carbocycles. The summed E-state index contributed by atoms with van der Waals surface area (Å²) in [6.07, 6.45) is 8.66. The third-order valence-electron chi connectivity index (χ3n) is 11.0. The van der Waals surface area contributed by atoms with Gasteiger partial charge in [0.25, 0.3) is 23.6 Å². The van der Waals surface area contributed by atoms with Gasteiger partial charge in [0.2, 0.25) is 0 Å². The van der Waals surface area contributed by atoms with Gasteiger partial charge in [-0.1, -0.05) is 60.7 Å². The Labute approximate surface area is 376 Å². The van der Waals surface area contributed by atoms with Crippen molar-refractivity contribution in [3.05, 3.63) is 125 Å². The maximum Gasteiger partial charge on any atom is 0.524 e. The molecule has 3 aliphatic rings. The summed E-state index contributed by atoms with van der Waals surface area (Å²) in [5.41, 5.74) is 3.43. The van der Waals surface area contributed by atoms with E-state index in [-0.39, 0.29) is 56.2 Å². The molecular formula is C45H40ClN3O14P2. The summed E-state index contributed by atoms with van der Waals surface area (Å²) in [7, 11) is -9.89. The third-order valence-corrected chi connectivity index (χ3v) is 12.2. The molecule has 0 saturated heterocycles. The van der Waals surface area contributed by atoms with Crippen LogP contribution in [0, 0.1) is 0 Å². The van der Waals surface area contributed by atoms with Crippen LogP contribution >= 0.6 is 27.2 Å². The van der Waals surface area contributed by atoms with Crippen molar-refractivity contribution in [1.82, 2.24) is 4.90 Å². The van der Waals surface area contributed by atoms with Crippen molar-refractivity contribution in [2.75, 3.05) is 55.1 Å². The van der Waals surface area contributed by atoms with Crippen LogP contribution in [-0.4, -0.2) is 93.4 Å². The molecule has 20 heteroatoms. The van der Waals surface area contributed by atoms with E-state index in [1.807, 2.05) is 0 Å². The number of amides is 4. The van der Waals surface area contributed by atoms with Gasteiger partial charge < -0.3 is 28.3 Å². The van der Waals surface area contributed by atoms with Crippen LogP contribution in [0.2, 0.25) is 0 Å².